The largest absolute Gasteiger partial charge is 0.489 e. The summed E-state index contributed by atoms with van der Waals surface area (Å²) in [5.41, 5.74) is 0.389. The molecule has 0 saturated heterocycles. The summed E-state index contributed by atoms with van der Waals surface area (Å²) in [6, 6.07) is 6.53. The highest BCUT2D eigenvalue weighted by Crippen LogP contribution is 2.24. The van der Waals surface area contributed by atoms with Gasteiger partial charge >= 0.3 is 5.97 Å². The van der Waals surface area contributed by atoms with Crippen LogP contribution >= 0.6 is 0 Å². The van der Waals surface area contributed by atoms with E-state index in [0.29, 0.717) is 18.0 Å². The van der Waals surface area contributed by atoms with Crippen molar-refractivity contribution in [3.05, 3.63) is 36.9 Å². The van der Waals surface area contributed by atoms with Crippen molar-refractivity contribution < 1.29 is 23.1 Å². The zero-order valence-corrected chi connectivity index (χ0v) is 12.7. The van der Waals surface area contributed by atoms with Crippen molar-refractivity contribution in [1.29, 1.82) is 0 Å². The molecule has 0 fully saturated rings. The van der Waals surface area contributed by atoms with Crippen molar-refractivity contribution >= 4 is 21.7 Å². The quantitative estimate of drug-likeness (QED) is 0.704. The summed E-state index contributed by atoms with van der Waals surface area (Å²) in [7, 11) is -3.55. The Morgan fingerprint density at radius 3 is 2.76 bits per heavy atom. The molecule has 0 radical (unpaired) electrons. The number of nitrogens with zero attached hydrogens (tertiary/aromatic N) is 1. The molecule has 116 valence electrons. The zero-order valence-electron chi connectivity index (χ0n) is 11.9. The predicted molar refractivity (Wildman–Crippen MR) is 81.2 cm³/mol. The molecule has 0 aliphatic rings. The molecule has 0 bridgehead atoms. The molecule has 0 amide bonds. The monoisotopic (exact) mass is 313 g/mol. The molecule has 0 aromatic heterocycles. The van der Waals surface area contributed by atoms with E-state index in [1.54, 1.807) is 30.3 Å². The molecule has 7 heteroatoms. The second-order valence-electron chi connectivity index (χ2n) is 4.21. The molecule has 0 unspecified atom stereocenters. The van der Waals surface area contributed by atoms with Gasteiger partial charge in [0.15, 0.2) is 0 Å². The maximum Gasteiger partial charge on any atom is 0.305 e. The zero-order chi connectivity index (χ0) is 15.9. The lowest BCUT2D eigenvalue weighted by atomic mass is 10.3. The first-order valence-electron chi connectivity index (χ1n) is 6.46. The third kappa shape index (κ3) is 5.11. The summed E-state index contributed by atoms with van der Waals surface area (Å²) in [5.74, 6) is -0.658. The summed E-state index contributed by atoms with van der Waals surface area (Å²) < 4.78 is 30.7. The van der Waals surface area contributed by atoms with Crippen LogP contribution in [0.3, 0.4) is 0 Å². The first kappa shape index (κ1) is 17.0. The summed E-state index contributed by atoms with van der Waals surface area (Å²) in [5, 5.41) is 8.76. The molecule has 21 heavy (non-hydrogen) atoms. The van der Waals surface area contributed by atoms with Crippen molar-refractivity contribution in [3.63, 3.8) is 0 Å². The molecular formula is C14H19NO5S. The number of carbonyl (C=O) groups is 1. The second kappa shape index (κ2) is 7.68. The molecular weight excluding hydrogens is 294 g/mol. The Morgan fingerprint density at radius 1 is 1.48 bits per heavy atom. The Hall–Kier alpha value is -2.02. The second-order valence-corrected chi connectivity index (χ2v) is 6.40. The maximum atomic E-state index is 12.1. The third-order valence-corrected chi connectivity index (χ3v) is 4.50. The molecule has 0 atom stereocenters. The van der Waals surface area contributed by atoms with E-state index in [0.717, 1.165) is 4.31 Å². The smallest absolute Gasteiger partial charge is 0.305 e. The van der Waals surface area contributed by atoms with Crippen molar-refractivity contribution in [2.75, 3.05) is 23.2 Å². The fraction of sp³-hybridized carbons (Fsp3) is 0.357. The molecule has 0 saturated carbocycles. The van der Waals surface area contributed by atoms with Gasteiger partial charge in [0, 0.05) is 12.6 Å². The average molecular weight is 313 g/mol. The highest BCUT2D eigenvalue weighted by atomic mass is 32.2. The average Bonchev–Trinajstić information content (AvgIpc) is 2.45. The van der Waals surface area contributed by atoms with Crippen LogP contribution < -0.4 is 9.04 Å². The Kier molecular flexibility index (Phi) is 6.23. The van der Waals surface area contributed by atoms with Crippen LogP contribution in [-0.2, 0) is 14.8 Å². The van der Waals surface area contributed by atoms with E-state index in [1.165, 1.54) is 6.92 Å². The summed E-state index contributed by atoms with van der Waals surface area (Å²) >= 11 is 0. The predicted octanol–water partition coefficient (Wildman–Crippen LogP) is 1.88. The number of aliphatic carboxylic acids is 1. The Labute approximate surface area is 124 Å². The molecule has 0 spiro atoms. The number of carboxylic acids is 1. The van der Waals surface area contributed by atoms with Gasteiger partial charge in [-0.3, -0.25) is 9.10 Å². The number of benzene rings is 1. The number of hydrogen-bond donors (Lipinski definition) is 1. The van der Waals surface area contributed by atoms with Crippen LogP contribution in [0.15, 0.2) is 36.9 Å². The minimum atomic E-state index is -3.55. The normalized spacial score (nSPS) is 10.9. The SMILES string of the molecule is C=CCOc1cccc(N(CCC(=O)O)S(=O)(=O)CC)c1. The van der Waals surface area contributed by atoms with Crippen LogP contribution in [0.25, 0.3) is 0 Å². The lowest BCUT2D eigenvalue weighted by molar-refractivity contribution is -0.136. The van der Waals surface area contributed by atoms with E-state index >= 15 is 0 Å². The number of hydrogen-bond acceptors (Lipinski definition) is 4. The molecule has 0 aliphatic carbocycles. The van der Waals surface area contributed by atoms with Crippen molar-refractivity contribution in [2.24, 2.45) is 0 Å². The standard InChI is InChI=1S/C14H19NO5S/c1-3-10-20-13-7-5-6-12(11-13)15(9-8-14(16)17)21(18,19)4-2/h3,5-7,11H,1,4,8-10H2,2H3,(H,16,17). The van der Waals surface area contributed by atoms with Gasteiger partial charge in [-0.25, -0.2) is 8.42 Å². The summed E-state index contributed by atoms with van der Waals surface area (Å²) in [6.45, 7) is 5.24. The minimum Gasteiger partial charge on any atom is -0.489 e. The Morgan fingerprint density at radius 2 is 2.19 bits per heavy atom. The van der Waals surface area contributed by atoms with Crippen molar-refractivity contribution in [1.82, 2.24) is 0 Å². The Balaban J connectivity index is 3.07. The van der Waals surface area contributed by atoms with Gasteiger partial charge in [0.1, 0.15) is 12.4 Å². The van der Waals surface area contributed by atoms with Crippen molar-refractivity contribution in [3.8, 4) is 5.75 Å². The van der Waals surface area contributed by atoms with Crippen LogP contribution in [0.1, 0.15) is 13.3 Å². The van der Waals surface area contributed by atoms with Crippen LogP contribution in [0.4, 0.5) is 5.69 Å². The van der Waals surface area contributed by atoms with Crippen LogP contribution in [-0.4, -0.2) is 38.4 Å². The van der Waals surface area contributed by atoms with E-state index in [4.69, 9.17) is 9.84 Å². The van der Waals surface area contributed by atoms with E-state index in [2.05, 4.69) is 6.58 Å². The topological polar surface area (TPSA) is 83.9 Å². The summed E-state index contributed by atoms with van der Waals surface area (Å²) in [4.78, 5) is 10.7. The minimum absolute atomic E-state index is 0.107. The number of anilines is 1. The number of ether oxygens (including phenoxy) is 1. The van der Waals surface area contributed by atoms with Crippen LogP contribution in [0, 0.1) is 0 Å². The van der Waals surface area contributed by atoms with E-state index < -0.39 is 16.0 Å². The fourth-order valence-electron chi connectivity index (χ4n) is 1.67. The molecule has 0 heterocycles. The van der Waals surface area contributed by atoms with Gasteiger partial charge in [-0.1, -0.05) is 18.7 Å². The van der Waals surface area contributed by atoms with E-state index in [1.807, 2.05) is 0 Å². The fourth-order valence-corrected chi connectivity index (χ4v) is 2.78. The van der Waals surface area contributed by atoms with Crippen LogP contribution in [0.2, 0.25) is 0 Å². The van der Waals surface area contributed by atoms with Gasteiger partial charge in [0.2, 0.25) is 10.0 Å². The Bertz CT molecular complexity index is 597. The third-order valence-electron chi connectivity index (χ3n) is 2.70. The number of rotatable bonds is 9. The summed E-state index contributed by atoms with van der Waals surface area (Å²) in [6.07, 6.45) is 1.31. The van der Waals surface area contributed by atoms with Gasteiger partial charge in [-0.15, -0.1) is 0 Å². The first-order chi connectivity index (χ1) is 9.90. The van der Waals surface area contributed by atoms with Crippen LogP contribution in [0.5, 0.6) is 5.75 Å². The first-order valence-corrected chi connectivity index (χ1v) is 8.07. The van der Waals surface area contributed by atoms with Gasteiger partial charge in [-0.05, 0) is 19.1 Å². The van der Waals surface area contributed by atoms with E-state index in [-0.39, 0.29) is 18.7 Å². The molecule has 6 nitrogen and oxygen atoms in total. The van der Waals surface area contributed by atoms with E-state index in [9.17, 15) is 13.2 Å². The highest BCUT2D eigenvalue weighted by molar-refractivity contribution is 7.92. The lowest BCUT2D eigenvalue weighted by Crippen LogP contribution is -2.34. The molecule has 1 aromatic carbocycles. The van der Waals surface area contributed by atoms with Gasteiger partial charge in [0.05, 0.1) is 17.9 Å². The number of sulfonamides is 1. The van der Waals surface area contributed by atoms with Crippen molar-refractivity contribution in [2.45, 2.75) is 13.3 Å². The molecule has 1 aromatic rings. The number of carboxylic acid groups (broad SMARTS) is 1. The van der Waals surface area contributed by atoms with Gasteiger partial charge in [-0.2, -0.15) is 0 Å². The molecule has 0 aliphatic heterocycles. The van der Waals surface area contributed by atoms with Gasteiger partial charge in [0.25, 0.3) is 0 Å². The maximum absolute atomic E-state index is 12.1. The molecule has 1 N–H and O–H groups in total. The lowest BCUT2D eigenvalue weighted by Gasteiger charge is -2.23. The highest BCUT2D eigenvalue weighted by Gasteiger charge is 2.21. The van der Waals surface area contributed by atoms with Gasteiger partial charge < -0.3 is 9.84 Å². The molecule has 1 rings (SSSR count).